The van der Waals surface area contributed by atoms with Crippen LogP contribution in [0.25, 0.3) is 11.0 Å². The smallest absolute Gasteiger partial charge is 0.239 e. The van der Waals surface area contributed by atoms with Crippen LogP contribution in [0.4, 0.5) is 0 Å². The summed E-state index contributed by atoms with van der Waals surface area (Å²) in [6.07, 6.45) is 0. The van der Waals surface area contributed by atoms with Gasteiger partial charge in [-0.3, -0.25) is 9.59 Å². The number of halogens is 1. The number of furan rings is 1. The highest BCUT2D eigenvalue weighted by atomic mass is 35.5. The summed E-state index contributed by atoms with van der Waals surface area (Å²) in [6, 6.07) is 7.11. The van der Waals surface area contributed by atoms with Gasteiger partial charge in [0.05, 0.1) is 19.1 Å². The van der Waals surface area contributed by atoms with Crippen LogP contribution in [0.15, 0.2) is 28.7 Å². The maximum atomic E-state index is 11.8. The second kappa shape index (κ2) is 8.70. The largest absolute Gasteiger partial charge is 0.459 e. The average molecular weight is 354 g/mol. The summed E-state index contributed by atoms with van der Waals surface area (Å²) in [4.78, 5) is 23.5. The molecule has 0 saturated heterocycles. The molecule has 0 bridgehead atoms. The fourth-order valence-electron chi connectivity index (χ4n) is 2.22. The minimum absolute atomic E-state index is 0. The molecule has 0 aliphatic heterocycles. The standard InChI is InChI=1S/C17H23N3O3.ClH/c1-10(2)16(18)17(22)20-9-15(21)19-8-14-11(3)12-6-4-5-7-13(12)23-14;/h4-7,10,16H,8-9,18H2,1-3H3,(H,19,21)(H,20,22);1H/t16-;/m0./s1. The summed E-state index contributed by atoms with van der Waals surface area (Å²) in [6.45, 7) is 5.85. The maximum Gasteiger partial charge on any atom is 0.239 e. The van der Waals surface area contributed by atoms with Crippen LogP contribution < -0.4 is 16.4 Å². The molecule has 2 amide bonds. The molecule has 7 heteroatoms. The predicted octanol–water partition coefficient (Wildman–Crippen LogP) is 1.88. The average Bonchev–Trinajstić information content (AvgIpc) is 2.86. The van der Waals surface area contributed by atoms with Crippen LogP contribution in [0.1, 0.15) is 25.2 Å². The van der Waals surface area contributed by atoms with Crippen molar-refractivity contribution >= 4 is 35.2 Å². The van der Waals surface area contributed by atoms with Crippen LogP contribution in [-0.2, 0) is 16.1 Å². The Morgan fingerprint density at radius 1 is 1.21 bits per heavy atom. The molecule has 0 spiro atoms. The van der Waals surface area contributed by atoms with Gasteiger partial charge in [0.1, 0.15) is 11.3 Å². The highest BCUT2D eigenvalue weighted by molar-refractivity contribution is 5.87. The third kappa shape index (κ3) is 4.72. The van der Waals surface area contributed by atoms with E-state index < -0.39 is 6.04 Å². The van der Waals surface area contributed by atoms with Crippen molar-refractivity contribution in [3.05, 3.63) is 35.6 Å². The Hall–Kier alpha value is -2.05. The van der Waals surface area contributed by atoms with E-state index >= 15 is 0 Å². The molecule has 0 aliphatic rings. The summed E-state index contributed by atoms with van der Waals surface area (Å²) in [5, 5.41) is 6.31. The number of carbonyl (C=O) groups is 2. The van der Waals surface area contributed by atoms with E-state index in [2.05, 4.69) is 10.6 Å². The van der Waals surface area contributed by atoms with Gasteiger partial charge in [0.25, 0.3) is 0 Å². The fourth-order valence-corrected chi connectivity index (χ4v) is 2.22. The minimum atomic E-state index is -0.611. The minimum Gasteiger partial charge on any atom is -0.459 e. The second-order valence-corrected chi connectivity index (χ2v) is 5.91. The number of benzene rings is 1. The number of rotatable bonds is 6. The second-order valence-electron chi connectivity index (χ2n) is 5.91. The summed E-state index contributed by atoms with van der Waals surface area (Å²) in [7, 11) is 0. The van der Waals surface area contributed by atoms with E-state index in [-0.39, 0.29) is 43.2 Å². The lowest BCUT2D eigenvalue weighted by Gasteiger charge is -2.15. The van der Waals surface area contributed by atoms with Gasteiger partial charge in [-0.15, -0.1) is 12.4 Å². The van der Waals surface area contributed by atoms with Crippen molar-refractivity contribution in [2.24, 2.45) is 11.7 Å². The summed E-state index contributed by atoms with van der Waals surface area (Å²) < 4.78 is 5.72. The number of aryl methyl sites for hydroxylation is 1. The first kappa shape index (κ1) is 20.0. The number of hydrogen-bond acceptors (Lipinski definition) is 4. The van der Waals surface area contributed by atoms with Gasteiger partial charge in [0.2, 0.25) is 11.8 Å². The predicted molar refractivity (Wildman–Crippen MR) is 95.9 cm³/mol. The Balaban J connectivity index is 0.00000288. The Morgan fingerprint density at radius 2 is 1.88 bits per heavy atom. The maximum absolute atomic E-state index is 11.8. The molecule has 0 aliphatic carbocycles. The Kier molecular flexibility index (Phi) is 7.25. The van der Waals surface area contributed by atoms with Crippen molar-refractivity contribution in [1.82, 2.24) is 10.6 Å². The van der Waals surface area contributed by atoms with Gasteiger partial charge >= 0.3 is 0 Å². The van der Waals surface area contributed by atoms with Crippen LogP contribution >= 0.6 is 12.4 Å². The van der Waals surface area contributed by atoms with Gasteiger partial charge in [0, 0.05) is 10.9 Å². The molecule has 1 aromatic heterocycles. The van der Waals surface area contributed by atoms with Crippen LogP contribution in [0, 0.1) is 12.8 Å². The molecule has 0 radical (unpaired) electrons. The normalized spacial score (nSPS) is 11.9. The van der Waals surface area contributed by atoms with Crippen LogP contribution in [0.5, 0.6) is 0 Å². The van der Waals surface area contributed by atoms with E-state index in [4.69, 9.17) is 10.2 Å². The van der Waals surface area contributed by atoms with Crippen LogP contribution in [-0.4, -0.2) is 24.4 Å². The van der Waals surface area contributed by atoms with E-state index in [1.54, 1.807) is 0 Å². The van der Waals surface area contributed by atoms with E-state index in [0.29, 0.717) is 5.76 Å². The van der Waals surface area contributed by atoms with E-state index in [1.807, 2.05) is 45.0 Å². The summed E-state index contributed by atoms with van der Waals surface area (Å²) in [5.74, 6) is 0.130. The van der Waals surface area contributed by atoms with Gasteiger partial charge < -0.3 is 20.8 Å². The summed E-state index contributed by atoms with van der Waals surface area (Å²) >= 11 is 0. The zero-order chi connectivity index (χ0) is 17.0. The number of carbonyl (C=O) groups excluding carboxylic acids is 2. The molecule has 4 N–H and O–H groups in total. The molecular weight excluding hydrogens is 330 g/mol. The molecule has 2 rings (SSSR count). The van der Waals surface area contributed by atoms with Crippen LogP contribution in [0.3, 0.4) is 0 Å². The van der Waals surface area contributed by atoms with Crippen molar-refractivity contribution < 1.29 is 14.0 Å². The highest BCUT2D eigenvalue weighted by Crippen LogP contribution is 2.24. The van der Waals surface area contributed by atoms with Gasteiger partial charge in [-0.1, -0.05) is 32.0 Å². The molecule has 0 saturated carbocycles. The molecule has 24 heavy (non-hydrogen) atoms. The molecular formula is C17H24ClN3O3. The number of para-hydroxylation sites is 1. The molecule has 1 heterocycles. The third-order valence-corrected chi connectivity index (χ3v) is 3.83. The Bertz CT molecular complexity index is 712. The van der Waals surface area contributed by atoms with E-state index in [0.717, 1.165) is 16.5 Å². The van der Waals surface area contributed by atoms with Crippen molar-refractivity contribution in [1.29, 1.82) is 0 Å². The van der Waals surface area contributed by atoms with E-state index in [9.17, 15) is 9.59 Å². The lowest BCUT2D eigenvalue weighted by Crippen LogP contribution is -2.47. The molecule has 0 unspecified atom stereocenters. The van der Waals surface area contributed by atoms with Gasteiger partial charge in [-0.05, 0) is 18.9 Å². The Morgan fingerprint density at radius 3 is 2.50 bits per heavy atom. The molecule has 1 atom stereocenters. The van der Waals surface area contributed by atoms with E-state index in [1.165, 1.54) is 0 Å². The van der Waals surface area contributed by atoms with Crippen LogP contribution in [0.2, 0.25) is 0 Å². The van der Waals surface area contributed by atoms with Gasteiger partial charge in [0.15, 0.2) is 0 Å². The molecule has 2 aromatic rings. The topological polar surface area (TPSA) is 97.4 Å². The number of amides is 2. The van der Waals surface area contributed by atoms with Crippen molar-refractivity contribution in [2.45, 2.75) is 33.4 Å². The van der Waals surface area contributed by atoms with Crippen molar-refractivity contribution in [2.75, 3.05) is 6.54 Å². The lowest BCUT2D eigenvalue weighted by molar-refractivity contribution is -0.127. The van der Waals surface area contributed by atoms with Gasteiger partial charge in [-0.25, -0.2) is 0 Å². The number of fused-ring (bicyclic) bond motifs is 1. The number of nitrogens with two attached hydrogens (primary N) is 1. The van der Waals surface area contributed by atoms with Crippen molar-refractivity contribution in [3.63, 3.8) is 0 Å². The molecule has 0 fully saturated rings. The molecule has 1 aromatic carbocycles. The summed E-state index contributed by atoms with van der Waals surface area (Å²) in [5.41, 5.74) is 7.52. The zero-order valence-corrected chi connectivity index (χ0v) is 14.9. The zero-order valence-electron chi connectivity index (χ0n) is 14.1. The first-order chi connectivity index (χ1) is 10.9. The molecule has 132 valence electrons. The van der Waals surface area contributed by atoms with Gasteiger partial charge in [-0.2, -0.15) is 0 Å². The molecule has 6 nitrogen and oxygen atoms in total. The fraction of sp³-hybridized carbons (Fsp3) is 0.412. The third-order valence-electron chi connectivity index (χ3n) is 3.83. The quantitative estimate of drug-likeness (QED) is 0.738. The number of hydrogen-bond donors (Lipinski definition) is 3. The SMILES string of the molecule is Cc1c(CNC(=O)CNC(=O)[C@@H](N)C(C)C)oc2ccccc12.Cl. The number of nitrogens with one attached hydrogen (secondary N) is 2. The highest BCUT2D eigenvalue weighted by Gasteiger charge is 2.17. The monoisotopic (exact) mass is 353 g/mol. The first-order valence-electron chi connectivity index (χ1n) is 7.67. The van der Waals surface area contributed by atoms with Crippen molar-refractivity contribution in [3.8, 4) is 0 Å². The first-order valence-corrected chi connectivity index (χ1v) is 7.67. The Labute approximate surface area is 147 Å². The lowest BCUT2D eigenvalue weighted by atomic mass is 10.1.